The van der Waals surface area contributed by atoms with Crippen molar-refractivity contribution in [1.29, 1.82) is 0 Å². The van der Waals surface area contributed by atoms with E-state index < -0.39 is 0 Å². The number of aromatic amines is 1. The van der Waals surface area contributed by atoms with Gasteiger partial charge in [0.2, 0.25) is 0 Å². The van der Waals surface area contributed by atoms with Crippen LogP contribution in [0.4, 0.5) is 0 Å². The third-order valence-electron chi connectivity index (χ3n) is 6.57. The summed E-state index contributed by atoms with van der Waals surface area (Å²) in [6.45, 7) is 0.986. The number of nitrogens with zero attached hydrogens (tertiary/aromatic N) is 3. The second-order valence-electron chi connectivity index (χ2n) is 8.54. The first kappa shape index (κ1) is 19.1. The van der Waals surface area contributed by atoms with Crippen LogP contribution in [0.15, 0.2) is 67.4 Å². The van der Waals surface area contributed by atoms with Crippen molar-refractivity contribution in [3.63, 3.8) is 0 Å². The molecule has 5 rings (SSSR count). The molecule has 0 spiro atoms. The zero-order chi connectivity index (χ0) is 20.2. The lowest BCUT2D eigenvalue weighted by Gasteiger charge is -2.29. The maximum Gasteiger partial charge on any atom is 0.123 e. The van der Waals surface area contributed by atoms with Crippen molar-refractivity contribution < 1.29 is 0 Å². The maximum absolute atomic E-state index is 3.92. The SMILES string of the molecule is c1ccc(CN[C@H]2CC[C@@H](CCc3c[nH]c4ccc(-n5cnnc5)cc34)CC2)cc1. The Morgan fingerprint density at radius 3 is 2.57 bits per heavy atom. The van der Waals surface area contributed by atoms with E-state index in [1.54, 1.807) is 12.7 Å². The van der Waals surface area contributed by atoms with Gasteiger partial charge >= 0.3 is 0 Å². The average molecular weight is 400 g/mol. The summed E-state index contributed by atoms with van der Waals surface area (Å²) in [6, 6.07) is 17.9. The van der Waals surface area contributed by atoms with Gasteiger partial charge in [-0.1, -0.05) is 30.3 Å². The van der Waals surface area contributed by atoms with E-state index in [0.29, 0.717) is 6.04 Å². The van der Waals surface area contributed by atoms with Gasteiger partial charge in [0.05, 0.1) is 0 Å². The fraction of sp³-hybridized carbons (Fsp3) is 0.360. The molecule has 0 unspecified atom stereocenters. The van der Waals surface area contributed by atoms with Crippen LogP contribution >= 0.6 is 0 Å². The van der Waals surface area contributed by atoms with Crippen molar-refractivity contribution in [2.75, 3.05) is 0 Å². The first-order chi connectivity index (χ1) is 14.8. The molecule has 0 radical (unpaired) electrons. The number of benzene rings is 2. The molecule has 154 valence electrons. The third-order valence-corrected chi connectivity index (χ3v) is 6.57. The molecule has 2 heterocycles. The average Bonchev–Trinajstić information content (AvgIpc) is 3.47. The number of aromatic nitrogens is 4. The highest BCUT2D eigenvalue weighted by atomic mass is 15.2. The number of rotatable bonds is 7. The zero-order valence-electron chi connectivity index (χ0n) is 17.3. The normalized spacial score (nSPS) is 19.3. The van der Waals surface area contributed by atoms with E-state index in [1.807, 2.05) is 4.57 Å². The van der Waals surface area contributed by atoms with Gasteiger partial charge in [0.25, 0.3) is 0 Å². The molecule has 2 aromatic heterocycles. The lowest BCUT2D eigenvalue weighted by molar-refractivity contribution is 0.279. The maximum atomic E-state index is 3.92. The summed E-state index contributed by atoms with van der Waals surface area (Å²) in [5.74, 6) is 0.839. The molecule has 1 fully saturated rings. The summed E-state index contributed by atoms with van der Waals surface area (Å²) in [6.07, 6.45) is 13.4. The number of nitrogens with one attached hydrogen (secondary N) is 2. The predicted molar refractivity (Wildman–Crippen MR) is 121 cm³/mol. The highest BCUT2D eigenvalue weighted by molar-refractivity contribution is 5.85. The molecule has 1 aliphatic carbocycles. The number of aryl methyl sites for hydroxylation is 1. The van der Waals surface area contributed by atoms with Crippen molar-refractivity contribution in [1.82, 2.24) is 25.1 Å². The Hall–Kier alpha value is -2.92. The van der Waals surface area contributed by atoms with Crippen LogP contribution in [0.5, 0.6) is 0 Å². The van der Waals surface area contributed by atoms with Crippen molar-refractivity contribution in [3.05, 3.63) is 78.5 Å². The van der Waals surface area contributed by atoms with Gasteiger partial charge in [-0.3, -0.25) is 4.57 Å². The number of hydrogen-bond donors (Lipinski definition) is 2. The largest absolute Gasteiger partial charge is 0.361 e. The van der Waals surface area contributed by atoms with E-state index in [0.717, 1.165) is 24.6 Å². The first-order valence-corrected chi connectivity index (χ1v) is 11.1. The molecule has 5 heteroatoms. The number of hydrogen-bond acceptors (Lipinski definition) is 3. The van der Waals surface area contributed by atoms with Crippen LogP contribution in [0.1, 0.15) is 43.2 Å². The fourth-order valence-corrected chi connectivity index (χ4v) is 4.74. The van der Waals surface area contributed by atoms with E-state index in [2.05, 4.69) is 75.2 Å². The Morgan fingerprint density at radius 2 is 1.77 bits per heavy atom. The van der Waals surface area contributed by atoms with E-state index >= 15 is 0 Å². The summed E-state index contributed by atoms with van der Waals surface area (Å²) in [4.78, 5) is 3.44. The first-order valence-electron chi connectivity index (χ1n) is 11.1. The lowest BCUT2D eigenvalue weighted by atomic mass is 9.82. The molecular formula is C25H29N5. The van der Waals surface area contributed by atoms with Gasteiger partial charge in [0.1, 0.15) is 12.7 Å². The van der Waals surface area contributed by atoms with Crippen LogP contribution in [0, 0.1) is 5.92 Å². The van der Waals surface area contributed by atoms with E-state index in [4.69, 9.17) is 0 Å². The Labute approximate surface area is 177 Å². The van der Waals surface area contributed by atoms with Crippen molar-refractivity contribution in [3.8, 4) is 5.69 Å². The minimum absolute atomic E-state index is 0.667. The molecule has 4 aromatic rings. The molecule has 5 nitrogen and oxygen atoms in total. The molecule has 0 saturated heterocycles. The molecule has 1 aliphatic rings. The van der Waals surface area contributed by atoms with Gasteiger partial charge in [0, 0.05) is 35.4 Å². The van der Waals surface area contributed by atoms with Crippen LogP contribution in [0.25, 0.3) is 16.6 Å². The summed E-state index contributed by atoms with van der Waals surface area (Å²) in [7, 11) is 0. The Morgan fingerprint density at radius 1 is 0.967 bits per heavy atom. The minimum Gasteiger partial charge on any atom is -0.361 e. The number of H-pyrrole nitrogens is 1. The Bertz CT molecular complexity index is 1060. The van der Waals surface area contributed by atoms with Crippen LogP contribution in [0.3, 0.4) is 0 Å². The van der Waals surface area contributed by atoms with Crippen LogP contribution in [0.2, 0.25) is 0 Å². The van der Waals surface area contributed by atoms with E-state index in [1.165, 1.54) is 54.1 Å². The molecule has 0 bridgehead atoms. The molecule has 2 aromatic carbocycles. The second kappa shape index (κ2) is 8.84. The Kier molecular flexibility index (Phi) is 5.62. The highest BCUT2D eigenvalue weighted by Gasteiger charge is 2.21. The Balaban J connectivity index is 1.14. The van der Waals surface area contributed by atoms with Gasteiger partial charge in [0.15, 0.2) is 0 Å². The zero-order valence-corrected chi connectivity index (χ0v) is 17.3. The van der Waals surface area contributed by atoms with Crippen molar-refractivity contribution >= 4 is 10.9 Å². The molecule has 0 atom stereocenters. The summed E-state index contributed by atoms with van der Waals surface area (Å²) in [5.41, 5.74) is 5.11. The van der Waals surface area contributed by atoms with Crippen LogP contribution in [-0.4, -0.2) is 25.8 Å². The number of fused-ring (bicyclic) bond motifs is 1. The van der Waals surface area contributed by atoms with Gasteiger partial charge in [-0.25, -0.2) is 0 Å². The topological polar surface area (TPSA) is 58.5 Å². The smallest absolute Gasteiger partial charge is 0.123 e. The lowest BCUT2D eigenvalue weighted by Crippen LogP contribution is -2.32. The van der Waals surface area contributed by atoms with Crippen LogP contribution < -0.4 is 5.32 Å². The van der Waals surface area contributed by atoms with Crippen molar-refractivity contribution in [2.24, 2.45) is 5.92 Å². The standard InChI is InChI=1S/C25H29N5/c1-2-4-20(5-3-1)15-26-22-10-7-19(8-11-22)6-9-21-16-27-25-13-12-23(14-24(21)25)30-17-28-29-18-30/h1-5,12-14,16-19,22,26-27H,6-11,15H2/t19-,22+. The molecule has 30 heavy (non-hydrogen) atoms. The van der Waals surface area contributed by atoms with Gasteiger partial charge < -0.3 is 10.3 Å². The van der Waals surface area contributed by atoms with E-state index in [-0.39, 0.29) is 0 Å². The molecule has 2 N–H and O–H groups in total. The monoisotopic (exact) mass is 399 g/mol. The second-order valence-corrected chi connectivity index (χ2v) is 8.54. The summed E-state index contributed by atoms with van der Waals surface area (Å²) >= 11 is 0. The van der Waals surface area contributed by atoms with Gasteiger partial charge in [-0.05, 0) is 73.8 Å². The minimum atomic E-state index is 0.667. The molecule has 0 amide bonds. The molecule has 1 saturated carbocycles. The fourth-order valence-electron chi connectivity index (χ4n) is 4.74. The summed E-state index contributed by atoms with van der Waals surface area (Å²) in [5, 5.41) is 12.9. The third kappa shape index (κ3) is 4.31. The summed E-state index contributed by atoms with van der Waals surface area (Å²) < 4.78 is 1.96. The van der Waals surface area contributed by atoms with Gasteiger partial charge in [-0.2, -0.15) is 0 Å². The van der Waals surface area contributed by atoms with E-state index in [9.17, 15) is 0 Å². The van der Waals surface area contributed by atoms with Crippen molar-refractivity contribution in [2.45, 2.75) is 51.1 Å². The highest BCUT2D eigenvalue weighted by Crippen LogP contribution is 2.30. The van der Waals surface area contributed by atoms with Gasteiger partial charge in [-0.15, -0.1) is 10.2 Å². The predicted octanol–water partition coefficient (Wildman–Crippen LogP) is 5.03. The quantitative estimate of drug-likeness (QED) is 0.458. The molecular weight excluding hydrogens is 370 g/mol. The van der Waals surface area contributed by atoms with Crippen LogP contribution in [-0.2, 0) is 13.0 Å². The molecule has 0 aliphatic heterocycles.